The second-order valence-corrected chi connectivity index (χ2v) is 7.89. The van der Waals surface area contributed by atoms with Gasteiger partial charge in [-0.3, -0.25) is 9.69 Å². The van der Waals surface area contributed by atoms with Gasteiger partial charge in [0.15, 0.2) is 5.58 Å². The first-order valence-corrected chi connectivity index (χ1v) is 10.2. The van der Waals surface area contributed by atoms with Crippen molar-refractivity contribution in [2.24, 2.45) is 7.05 Å². The van der Waals surface area contributed by atoms with E-state index in [2.05, 4.69) is 31.2 Å². The minimum Gasteiger partial charge on any atom is -0.366 e. The van der Waals surface area contributed by atoms with E-state index in [1.807, 2.05) is 18.2 Å². The lowest BCUT2D eigenvalue weighted by atomic mass is 10.1. The van der Waals surface area contributed by atoms with Crippen molar-refractivity contribution in [3.8, 4) is 6.07 Å². The summed E-state index contributed by atoms with van der Waals surface area (Å²) >= 11 is 6.14. The summed E-state index contributed by atoms with van der Waals surface area (Å²) in [5.41, 5.74) is 4.01. The van der Waals surface area contributed by atoms with Crippen LogP contribution in [0.4, 0.5) is 5.69 Å². The van der Waals surface area contributed by atoms with Crippen LogP contribution in [-0.2, 0) is 13.6 Å². The predicted molar refractivity (Wildman–Crippen MR) is 116 cm³/mol. The van der Waals surface area contributed by atoms with E-state index in [4.69, 9.17) is 16.1 Å². The number of nitriles is 1. The number of aryl methyl sites for hydroxylation is 1. The summed E-state index contributed by atoms with van der Waals surface area (Å²) in [6.07, 6.45) is 0. The maximum atomic E-state index is 12.8. The van der Waals surface area contributed by atoms with Gasteiger partial charge in [-0.25, -0.2) is 4.98 Å². The summed E-state index contributed by atoms with van der Waals surface area (Å²) in [5, 5.41) is 17.7. The van der Waals surface area contributed by atoms with E-state index in [0.717, 1.165) is 24.2 Å². The molecular weight excluding hydrogens is 418 g/mol. The van der Waals surface area contributed by atoms with Gasteiger partial charge in [-0.1, -0.05) is 23.7 Å². The van der Waals surface area contributed by atoms with Gasteiger partial charge >= 0.3 is 0 Å². The van der Waals surface area contributed by atoms with Crippen LogP contribution in [0.3, 0.4) is 0 Å². The third-order valence-corrected chi connectivity index (χ3v) is 5.94. The lowest BCUT2D eigenvalue weighted by molar-refractivity contribution is 0.249. The number of aromatic nitrogens is 4. The van der Waals surface area contributed by atoms with Crippen molar-refractivity contribution in [3.63, 3.8) is 0 Å². The molecule has 3 aromatic heterocycles. The fourth-order valence-electron chi connectivity index (χ4n) is 4.13. The monoisotopic (exact) mass is 435 g/mol. The molecule has 0 atom stereocenters. The summed E-state index contributed by atoms with van der Waals surface area (Å²) in [7, 11) is 1.64. The Hall–Kier alpha value is -3.48. The molecule has 4 aromatic rings. The third kappa shape index (κ3) is 3.30. The highest BCUT2D eigenvalue weighted by Gasteiger charge is 2.25. The molecule has 0 spiro atoms. The zero-order valence-corrected chi connectivity index (χ0v) is 17.5. The molecule has 9 nitrogen and oxygen atoms in total. The second-order valence-electron chi connectivity index (χ2n) is 7.50. The van der Waals surface area contributed by atoms with Gasteiger partial charge in [-0.2, -0.15) is 5.26 Å². The Morgan fingerprint density at radius 2 is 2.00 bits per heavy atom. The highest BCUT2D eigenvalue weighted by Crippen LogP contribution is 2.29. The molecule has 0 bridgehead atoms. The Kier molecular flexibility index (Phi) is 4.81. The first-order valence-electron chi connectivity index (χ1n) is 9.83. The number of halogens is 1. The number of nitrogens with zero attached hydrogens (tertiary/aromatic N) is 7. The standard InChI is InChI=1S/C21H18ClN7O2/c1-27-16-5-6-17(22)24-18(16)19(14(11-23)21(27)30)29-9-7-28(8-10-29)12-13-3-2-4-15-20(13)31-26-25-15/h2-6H,7-10,12H2,1H3. The van der Waals surface area contributed by atoms with E-state index < -0.39 is 0 Å². The highest BCUT2D eigenvalue weighted by molar-refractivity contribution is 6.29. The number of hydrogen-bond donors (Lipinski definition) is 0. The molecule has 1 aliphatic heterocycles. The van der Waals surface area contributed by atoms with Crippen molar-refractivity contribution in [1.82, 2.24) is 24.8 Å². The zero-order valence-electron chi connectivity index (χ0n) is 16.7. The lowest BCUT2D eigenvalue weighted by Gasteiger charge is -2.36. The van der Waals surface area contributed by atoms with E-state index in [1.165, 1.54) is 4.57 Å². The number of rotatable bonds is 3. The molecule has 1 aromatic carbocycles. The molecule has 0 N–H and O–H groups in total. The van der Waals surface area contributed by atoms with Crippen LogP contribution in [0.25, 0.3) is 22.1 Å². The van der Waals surface area contributed by atoms with Gasteiger partial charge in [0.1, 0.15) is 27.8 Å². The van der Waals surface area contributed by atoms with E-state index in [-0.39, 0.29) is 11.1 Å². The molecule has 10 heteroatoms. The van der Waals surface area contributed by atoms with Crippen LogP contribution < -0.4 is 10.5 Å². The minimum atomic E-state index is -0.332. The molecule has 1 fully saturated rings. The molecule has 156 valence electrons. The number of benzene rings is 1. The van der Waals surface area contributed by atoms with E-state index in [0.29, 0.717) is 47.1 Å². The first kappa shape index (κ1) is 19.5. The van der Waals surface area contributed by atoms with Crippen molar-refractivity contribution in [2.45, 2.75) is 6.54 Å². The highest BCUT2D eigenvalue weighted by atomic mass is 35.5. The fourth-order valence-corrected chi connectivity index (χ4v) is 4.28. The molecule has 0 saturated carbocycles. The first-order chi connectivity index (χ1) is 15.1. The van der Waals surface area contributed by atoms with Crippen LogP contribution >= 0.6 is 11.6 Å². The van der Waals surface area contributed by atoms with Gasteiger partial charge < -0.3 is 14.0 Å². The number of anilines is 1. The van der Waals surface area contributed by atoms with Crippen molar-refractivity contribution < 1.29 is 4.52 Å². The SMILES string of the molecule is Cn1c(=O)c(C#N)c(N2CCN(Cc3cccc4nnoc34)CC2)c2nc(Cl)ccc21. The largest absolute Gasteiger partial charge is 0.366 e. The van der Waals surface area contributed by atoms with Crippen molar-refractivity contribution >= 4 is 39.4 Å². The number of piperazine rings is 1. The van der Waals surface area contributed by atoms with Gasteiger partial charge in [0.25, 0.3) is 5.56 Å². The second kappa shape index (κ2) is 7.65. The molecule has 4 heterocycles. The molecule has 1 saturated heterocycles. The summed E-state index contributed by atoms with van der Waals surface area (Å²) in [4.78, 5) is 21.6. The van der Waals surface area contributed by atoms with E-state index in [9.17, 15) is 10.1 Å². The van der Waals surface area contributed by atoms with Crippen LogP contribution in [-0.4, -0.2) is 51.0 Å². The van der Waals surface area contributed by atoms with Gasteiger partial charge in [0, 0.05) is 50.6 Å². The van der Waals surface area contributed by atoms with E-state index >= 15 is 0 Å². The van der Waals surface area contributed by atoms with Crippen LogP contribution in [0.15, 0.2) is 39.6 Å². The average molecular weight is 436 g/mol. The Bertz CT molecular complexity index is 1400. The topological polar surface area (TPSA) is 104 Å². The molecule has 0 radical (unpaired) electrons. The molecule has 1 aliphatic rings. The number of pyridine rings is 2. The Morgan fingerprint density at radius 1 is 1.19 bits per heavy atom. The van der Waals surface area contributed by atoms with Crippen molar-refractivity contribution in [3.05, 3.63) is 57.0 Å². The Morgan fingerprint density at radius 3 is 2.77 bits per heavy atom. The summed E-state index contributed by atoms with van der Waals surface area (Å²) in [6, 6.07) is 11.3. The quantitative estimate of drug-likeness (QED) is 0.451. The van der Waals surface area contributed by atoms with Gasteiger partial charge in [0.2, 0.25) is 0 Å². The van der Waals surface area contributed by atoms with Crippen molar-refractivity contribution in [2.75, 3.05) is 31.1 Å². The number of hydrogen-bond acceptors (Lipinski definition) is 8. The molecule has 0 amide bonds. The maximum Gasteiger partial charge on any atom is 0.270 e. The normalized spacial score (nSPS) is 14.9. The molecule has 0 aliphatic carbocycles. The van der Waals surface area contributed by atoms with Gasteiger partial charge in [-0.15, -0.1) is 5.10 Å². The van der Waals surface area contributed by atoms with Crippen LogP contribution in [0, 0.1) is 11.3 Å². The smallest absolute Gasteiger partial charge is 0.270 e. The summed E-state index contributed by atoms with van der Waals surface area (Å²) in [5.74, 6) is 0. The average Bonchev–Trinajstić information content (AvgIpc) is 3.27. The van der Waals surface area contributed by atoms with Crippen LogP contribution in [0.2, 0.25) is 5.15 Å². The summed E-state index contributed by atoms with van der Waals surface area (Å²) < 4.78 is 6.75. The Balaban J connectivity index is 1.45. The number of fused-ring (bicyclic) bond motifs is 2. The number of para-hydroxylation sites is 1. The van der Waals surface area contributed by atoms with Crippen LogP contribution in [0.5, 0.6) is 0 Å². The maximum absolute atomic E-state index is 12.8. The lowest BCUT2D eigenvalue weighted by Crippen LogP contribution is -2.47. The van der Waals surface area contributed by atoms with Crippen molar-refractivity contribution in [1.29, 1.82) is 5.26 Å². The van der Waals surface area contributed by atoms with Gasteiger partial charge in [-0.05, 0) is 18.2 Å². The third-order valence-electron chi connectivity index (χ3n) is 5.73. The summed E-state index contributed by atoms with van der Waals surface area (Å²) in [6.45, 7) is 3.50. The Labute approximate surface area is 182 Å². The minimum absolute atomic E-state index is 0.0933. The van der Waals surface area contributed by atoms with Crippen LogP contribution in [0.1, 0.15) is 11.1 Å². The fraction of sp³-hybridized carbons (Fsp3) is 0.286. The molecular formula is C21H18ClN7O2. The predicted octanol–water partition coefficient (Wildman–Crippen LogP) is 2.32. The molecule has 5 rings (SSSR count). The molecule has 31 heavy (non-hydrogen) atoms. The van der Waals surface area contributed by atoms with E-state index in [1.54, 1.807) is 19.2 Å². The zero-order chi connectivity index (χ0) is 21.5. The van der Waals surface area contributed by atoms with Gasteiger partial charge in [0.05, 0.1) is 11.2 Å². The molecule has 0 unspecified atom stereocenters.